The Labute approximate surface area is 243 Å². The summed E-state index contributed by atoms with van der Waals surface area (Å²) in [5, 5.41) is 54.4. The predicted molar refractivity (Wildman–Crippen MR) is 152 cm³/mol. The second-order valence-corrected chi connectivity index (χ2v) is 11.1. The van der Waals surface area contributed by atoms with Gasteiger partial charge in [0.25, 0.3) is 0 Å². The van der Waals surface area contributed by atoms with E-state index >= 15 is 0 Å². The number of carbonyl (C=O) groups is 5. The molecule has 41 heavy (non-hydrogen) atoms. The average Bonchev–Trinajstić information content (AvgIpc) is 2.89. The van der Waals surface area contributed by atoms with Gasteiger partial charge < -0.3 is 30.3 Å². The van der Waals surface area contributed by atoms with Gasteiger partial charge in [0.05, 0.1) is 17.8 Å². The topological polar surface area (TPSA) is 196 Å². The molecule has 0 spiro atoms. The molecule has 0 amide bonds. The number of hydrogen-bond donors (Lipinski definition) is 5. The maximum atomic E-state index is 14.0. The SMILES string of the molecule is CCCCC(C(=O)O)C(CCC)(C(CCCC)C(=O)O)C(C(=O)O)(C(CCCC)C(=O)O)C(CCC)(OC)C(=O)O. The Bertz CT molecular complexity index is 860. The Morgan fingerprint density at radius 1 is 0.561 bits per heavy atom. The monoisotopic (exact) mass is 588 g/mol. The van der Waals surface area contributed by atoms with Gasteiger partial charge in [-0.3, -0.25) is 19.2 Å². The molecular formula is C30H52O11. The molecule has 11 heteroatoms. The Hall–Kier alpha value is -2.69. The molecule has 0 aromatic carbocycles. The van der Waals surface area contributed by atoms with E-state index in [1.54, 1.807) is 34.6 Å². The summed E-state index contributed by atoms with van der Waals surface area (Å²) in [5.41, 5.74) is -8.07. The molecule has 238 valence electrons. The maximum Gasteiger partial charge on any atom is 0.337 e. The number of hydrogen-bond acceptors (Lipinski definition) is 6. The molecule has 0 saturated heterocycles. The fourth-order valence-electron chi connectivity index (χ4n) is 7.38. The number of carboxylic acid groups (broad SMARTS) is 5. The molecule has 5 N–H and O–H groups in total. The van der Waals surface area contributed by atoms with Crippen LogP contribution in [0.3, 0.4) is 0 Å². The van der Waals surface area contributed by atoms with Gasteiger partial charge in [-0.15, -0.1) is 0 Å². The highest BCUT2D eigenvalue weighted by molar-refractivity contribution is 5.95. The molecule has 0 aliphatic heterocycles. The Morgan fingerprint density at radius 2 is 0.927 bits per heavy atom. The number of ether oxygens (including phenoxy) is 1. The Kier molecular flexibility index (Phi) is 16.2. The van der Waals surface area contributed by atoms with Crippen molar-refractivity contribution >= 4 is 29.8 Å². The summed E-state index contributed by atoms with van der Waals surface area (Å²) in [6.45, 7) is 8.58. The van der Waals surface area contributed by atoms with E-state index in [1.165, 1.54) is 0 Å². The summed E-state index contributed by atoms with van der Waals surface area (Å²) in [5.74, 6) is -13.5. The minimum Gasteiger partial charge on any atom is -0.481 e. The molecule has 0 heterocycles. The predicted octanol–water partition coefficient (Wildman–Crippen LogP) is 5.79. The van der Waals surface area contributed by atoms with Crippen LogP contribution in [0.1, 0.15) is 118 Å². The molecule has 0 rings (SSSR count). The Morgan fingerprint density at radius 3 is 1.17 bits per heavy atom. The molecule has 0 saturated carbocycles. The molecule has 0 radical (unpaired) electrons. The molecule has 5 unspecified atom stereocenters. The summed E-state index contributed by atoms with van der Waals surface area (Å²) in [4.78, 5) is 67.1. The van der Waals surface area contributed by atoms with Crippen LogP contribution in [0.5, 0.6) is 0 Å². The number of unbranched alkanes of at least 4 members (excludes halogenated alkanes) is 3. The molecule has 0 aliphatic rings. The van der Waals surface area contributed by atoms with Crippen molar-refractivity contribution in [1.82, 2.24) is 0 Å². The fourth-order valence-corrected chi connectivity index (χ4v) is 7.38. The highest BCUT2D eigenvalue weighted by atomic mass is 16.5. The largest absolute Gasteiger partial charge is 0.481 e. The minimum atomic E-state index is -2.97. The lowest BCUT2D eigenvalue weighted by molar-refractivity contribution is -0.254. The van der Waals surface area contributed by atoms with E-state index in [4.69, 9.17) is 4.74 Å². The van der Waals surface area contributed by atoms with Gasteiger partial charge in [0.1, 0.15) is 5.41 Å². The lowest BCUT2D eigenvalue weighted by Gasteiger charge is -2.61. The van der Waals surface area contributed by atoms with Gasteiger partial charge in [0.2, 0.25) is 0 Å². The molecule has 0 fully saturated rings. The lowest BCUT2D eigenvalue weighted by Crippen LogP contribution is -2.75. The molecule has 11 nitrogen and oxygen atoms in total. The first-order valence-electron chi connectivity index (χ1n) is 15.0. The smallest absolute Gasteiger partial charge is 0.337 e. The van der Waals surface area contributed by atoms with E-state index in [0.29, 0.717) is 19.3 Å². The first-order chi connectivity index (χ1) is 19.2. The van der Waals surface area contributed by atoms with Crippen LogP contribution in [0.2, 0.25) is 0 Å². The standard InChI is InChI=1S/C30H52O11/c1-7-12-15-20(23(31)32)28(18-10-4,21(24(33)34)16-13-8-2)30(27(39)40,22(25(35)36)17-14-9-3)29(41-6,19-11-5)26(37)38/h20-22H,7-19H2,1-6H3,(H,31,32)(H,33,34)(H,35,36)(H,37,38)(H,39,40). The number of rotatable bonds is 24. The quantitative estimate of drug-likeness (QED) is 0.0915. The fraction of sp³-hybridized carbons (Fsp3) is 0.833. The maximum absolute atomic E-state index is 14.0. The lowest BCUT2D eigenvalue weighted by atomic mass is 9.39. The summed E-state index contributed by atoms with van der Waals surface area (Å²) < 4.78 is 5.67. The number of carboxylic acids is 5. The van der Waals surface area contributed by atoms with E-state index in [-0.39, 0.29) is 57.8 Å². The van der Waals surface area contributed by atoms with Crippen LogP contribution in [-0.2, 0) is 28.7 Å². The molecule has 0 aromatic heterocycles. The zero-order valence-electron chi connectivity index (χ0n) is 25.6. The van der Waals surface area contributed by atoms with Crippen LogP contribution in [-0.4, -0.2) is 68.1 Å². The highest BCUT2D eigenvalue weighted by Crippen LogP contribution is 2.66. The van der Waals surface area contributed by atoms with Gasteiger partial charge in [-0.1, -0.05) is 86.0 Å². The van der Waals surface area contributed by atoms with E-state index < -0.39 is 70.5 Å². The van der Waals surface area contributed by atoms with E-state index in [2.05, 4.69) is 0 Å². The summed E-state index contributed by atoms with van der Waals surface area (Å²) in [6.07, 6.45) is 0.945. The van der Waals surface area contributed by atoms with Crippen LogP contribution < -0.4 is 0 Å². The Balaban J connectivity index is 9.03. The zero-order valence-corrected chi connectivity index (χ0v) is 25.6. The molecule has 0 aliphatic carbocycles. The van der Waals surface area contributed by atoms with Gasteiger partial charge in [0, 0.05) is 12.5 Å². The van der Waals surface area contributed by atoms with Gasteiger partial charge in [-0.2, -0.15) is 0 Å². The van der Waals surface area contributed by atoms with Crippen LogP contribution in [0, 0.1) is 28.6 Å². The van der Waals surface area contributed by atoms with Gasteiger partial charge in [0.15, 0.2) is 5.60 Å². The second kappa shape index (κ2) is 17.3. The first kappa shape index (κ1) is 38.3. The first-order valence-corrected chi connectivity index (χ1v) is 15.0. The second-order valence-electron chi connectivity index (χ2n) is 11.1. The number of aliphatic carboxylic acids is 5. The van der Waals surface area contributed by atoms with Crippen molar-refractivity contribution < 1.29 is 54.2 Å². The third-order valence-electron chi connectivity index (χ3n) is 8.87. The van der Waals surface area contributed by atoms with Crippen molar-refractivity contribution in [2.45, 2.75) is 124 Å². The normalized spacial score (nSPS) is 18.2. The van der Waals surface area contributed by atoms with E-state index in [9.17, 15) is 49.5 Å². The van der Waals surface area contributed by atoms with Crippen molar-refractivity contribution in [1.29, 1.82) is 0 Å². The van der Waals surface area contributed by atoms with Crippen molar-refractivity contribution in [3.63, 3.8) is 0 Å². The third-order valence-corrected chi connectivity index (χ3v) is 8.87. The van der Waals surface area contributed by atoms with Gasteiger partial charge >= 0.3 is 29.8 Å². The average molecular weight is 589 g/mol. The third kappa shape index (κ3) is 7.21. The van der Waals surface area contributed by atoms with Crippen LogP contribution in [0.25, 0.3) is 0 Å². The minimum absolute atomic E-state index is 0.0525. The summed E-state index contributed by atoms with van der Waals surface area (Å²) >= 11 is 0. The molecule has 5 atom stereocenters. The van der Waals surface area contributed by atoms with Crippen LogP contribution in [0.15, 0.2) is 0 Å². The number of methoxy groups -OCH3 is 1. The summed E-state index contributed by atoms with van der Waals surface area (Å²) in [7, 11) is 0.987. The highest BCUT2D eigenvalue weighted by Gasteiger charge is 2.79. The zero-order chi connectivity index (χ0) is 32.0. The van der Waals surface area contributed by atoms with Gasteiger partial charge in [-0.05, 0) is 32.1 Å². The van der Waals surface area contributed by atoms with Gasteiger partial charge in [-0.25, -0.2) is 4.79 Å². The van der Waals surface area contributed by atoms with E-state index in [1.807, 2.05) is 0 Å². The van der Waals surface area contributed by atoms with Crippen molar-refractivity contribution in [3.8, 4) is 0 Å². The van der Waals surface area contributed by atoms with Crippen LogP contribution in [0.4, 0.5) is 0 Å². The van der Waals surface area contributed by atoms with E-state index in [0.717, 1.165) is 7.11 Å². The molecule has 0 bridgehead atoms. The molecular weight excluding hydrogens is 536 g/mol. The van der Waals surface area contributed by atoms with Crippen molar-refractivity contribution in [2.75, 3.05) is 7.11 Å². The molecule has 0 aromatic rings. The van der Waals surface area contributed by atoms with Crippen molar-refractivity contribution in [3.05, 3.63) is 0 Å². The van der Waals surface area contributed by atoms with Crippen molar-refractivity contribution in [2.24, 2.45) is 28.6 Å². The van der Waals surface area contributed by atoms with Crippen LogP contribution >= 0.6 is 0 Å². The summed E-state index contributed by atoms with van der Waals surface area (Å²) in [6, 6.07) is 0.